The minimum absolute atomic E-state index is 0.158. The molecular weight excluding hydrogens is 339 g/mol. The summed E-state index contributed by atoms with van der Waals surface area (Å²) >= 11 is 7.26. The van der Waals surface area contributed by atoms with Gasteiger partial charge in [-0.25, -0.2) is 4.39 Å². The second-order valence-electron chi connectivity index (χ2n) is 5.08. The van der Waals surface area contributed by atoms with Crippen LogP contribution in [0.5, 0.6) is 0 Å². The summed E-state index contributed by atoms with van der Waals surface area (Å²) < 4.78 is 14.6. The average Bonchev–Trinajstić information content (AvgIpc) is 3.04. The van der Waals surface area contributed by atoms with Crippen LogP contribution in [0.25, 0.3) is 10.2 Å². The van der Waals surface area contributed by atoms with Crippen molar-refractivity contribution in [3.63, 3.8) is 0 Å². The Hall–Kier alpha value is -1.89. The number of benzene rings is 1. The number of thiophene rings is 1. The maximum Gasteiger partial charge on any atom is 0.268 e. The van der Waals surface area contributed by atoms with Gasteiger partial charge in [0.2, 0.25) is 0 Å². The van der Waals surface area contributed by atoms with Crippen LogP contribution in [0, 0.1) is 5.82 Å². The summed E-state index contributed by atoms with van der Waals surface area (Å²) in [6.45, 7) is -0.158. The fourth-order valence-electron chi connectivity index (χ4n) is 2.44. The van der Waals surface area contributed by atoms with Gasteiger partial charge in [0, 0.05) is 17.6 Å². The van der Waals surface area contributed by atoms with E-state index in [9.17, 15) is 14.3 Å². The minimum atomic E-state index is -0.598. The molecule has 23 heavy (non-hydrogen) atoms. The van der Waals surface area contributed by atoms with Gasteiger partial charge < -0.3 is 15.4 Å². The number of aromatic nitrogens is 1. The zero-order chi connectivity index (χ0) is 16.4. The summed E-state index contributed by atoms with van der Waals surface area (Å²) in [6, 6.07) is 9.09. The molecule has 1 atom stereocenters. The molecule has 1 aromatic carbocycles. The molecule has 120 valence electrons. The summed E-state index contributed by atoms with van der Waals surface area (Å²) in [6.07, 6.45) is 0.230. The maximum absolute atomic E-state index is 13.9. The Morgan fingerprint density at radius 3 is 2.87 bits per heavy atom. The number of aliphatic hydroxyl groups excluding tert-OH is 1. The molecule has 2 heterocycles. The predicted molar refractivity (Wildman–Crippen MR) is 89.5 cm³/mol. The van der Waals surface area contributed by atoms with Crippen molar-refractivity contribution >= 4 is 39.1 Å². The van der Waals surface area contributed by atoms with Gasteiger partial charge in [-0.3, -0.25) is 4.79 Å². The molecule has 4 nitrogen and oxygen atoms in total. The van der Waals surface area contributed by atoms with Crippen molar-refractivity contribution in [1.82, 2.24) is 10.3 Å². The first kappa shape index (κ1) is 16.0. The number of hydrogen-bond acceptors (Lipinski definition) is 3. The first-order valence-electron chi connectivity index (χ1n) is 7.02. The monoisotopic (exact) mass is 352 g/mol. The number of H-pyrrole nitrogens is 1. The lowest BCUT2D eigenvalue weighted by Crippen LogP contribution is -2.30. The summed E-state index contributed by atoms with van der Waals surface area (Å²) in [4.78, 5) is 16.2. The van der Waals surface area contributed by atoms with Crippen LogP contribution in [0.1, 0.15) is 28.5 Å². The molecule has 0 radical (unpaired) electrons. The largest absolute Gasteiger partial charge is 0.396 e. The summed E-state index contributed by atoms with van der Waals surface area (Å²) in [5.41, 5.74) is 0.730. The standard InChI is InChI=1S/C16H14ClFN2O2S/c17-14-8-9-7-13(20-16(9)23-14)15(22)19-12(5-6-21)10-3-1-2-4-11(10)18/h1-4,7-8,12,20-21H,5-6H2,(H,19,22). The number of carbonyl (C=O) groups excluding carboxylic acids is 1. The van der Waals surface area contributed by atoms with Gasteiger partial charge in [-0.2, -0.15) is 0 Å². The quantitative estimate of drug-likeness (QED) is 0.652. The first-order valence-corrected chi connectivity index (χ1v) is 8.22. The second kappa shape index (κ2) is 6.70. The number of nitrogens with one attached hydrogen (secondary N) is 2. The number of rotatable bonds is 5. The topological polar surface area (TPSA) is 65.1 Å². The van der Waals surface area contributed by atoms with Gasteiger partial charge >= 0.3 is 0 Å². The lowest BCUT2D eigenvalue weighted by Gasteiger charge is -2.18. The van der Waals surface area contributed by atoms with E-state index in [1.807, 2.05) is 0 Å². The fourth-order valence-corrected chi connectivity index (χ4v) is 3.57. The van der Waals surface area contributed by atoms with E-state index in [4.69, 9.17) is 11.6 Å². The van der Waals surface area contributed by atoms with E-state index in [2.05, 4.69) is 10.3 Å². The molecule has 7 heteroatoms. The van der Waals surface area contributed by atoms with Crippen LogP contribution in [0.3, 0.4) is 0 Å². The molecule has 1 amide bonds. The van der Waals surface area contributed by atoms with E-state index in [1.54, 1.807) is 30.3 Å². The van der Waals surface area contributed by atoms with Crippen molar-refractivity contribution in [2.45, 2.75) is 12.5 Å². The lowest BCUT2D eigenvalue weighted by atomic mass is 10.0. The highest BCUT2D eigenvalue weighted by atomic mass is 35.5. The van der Waals surface area contributed by atoms with E-state index in [-0.39, 0.29) is 18.9 Å². The van der Waals surface area contributed by atoms with E-state index in [0.717, 1.165) is 10.2 Å². The Morgan fingerprint density at radius 2 is 2.17 bits per heavy atom. The van der Waals surface area contributed by atoms with Crippen LogP contribution >= 0.6 is 22.9 Å². The number of carbonyl (C=O) groups is 1. The SMILES string of the molecule is O=C(NC(CCO)c1ccccc1F)c1cc2cc(Cl)sc2[nH]1. The van der Waals surface area contributed by atoms with Gasteiger partial charge in [0.1, 0.15) is 16.3 Å². The minimum Gasteiger partial charge on any atom is -0.396 e. The molecule has 3 rings (SSSR count). The van der Waals surface area contributed by atoms with Gasteiger partial charge in [0.15, 0.2) is 0 Å². The van der Waals surface area contributed by atoms with Crippen LogP contribution in [0.15, 0.2) is 36.4 Å². The Labute approximate surface area is 140 Å². The van der Waals surface area contributed by atoms with Gasteiger partial charge in [0.25, 0.3) is 5.91 Å². The summed E-state index contributed by atoms with van der Waals surface area (Å²) in [5.74, 6) is -0.767. The summed E-state index contributed by atoms with van der Waals surface area (Å²) in [7, 11) is 0. The van der Waals surface area contributed by atoms with Crippen molar-refractivity contribution < 1.29 is 14.3 Å². The van der Waals surface area contributed by atoms with Crippen LogP contribution < -0.4 is 5.32 Å². The highest BCUT2D eigenvalue weighted by molar-refractivity contribution is 7.22. The lowest BCUT2D eigenvalue weighted by molar-refractivity contribution is 0.0925. The summed E-state index contributed by atoms with van der Waals surface area (Å²) in [5, 5.41) is 12.8. The number of hydrogen-bond donors (Lipinski definition) is 3. The molecular formula is C16H14ClFN2O2S. The van der Waals surface area contributed by atoms with Crippen LogP contribution in [-0.4, -0.2) is 22.6 Å². The van der Waals surface area contributed by atoms with Gasteiger partial charge in [-0.1, -0.05) is 29.8 Å². The van der Waals surface area contributed by atoms with Crippen molar-refractivity contribution in [2.24, 2.45) is 0 Å². The van der Waals surface area contributed by atoms with Crippen LogP contribution in [0.4, 0.5) is 4.39 Å². The Morgan fingerprint density at radius 1 is 1.39 bits per heavy atom. The molecule has 0 bridgehead atoms. The molecule has 3 aromatic rings. The van der Waals surface area contributed by atoms with Crippen molar-refractivity contribution in [1.29, 1.82) is 0 Å². The number of fused-ring (bicyclic) bond motifs is 1. The molecule has 3 N–H and O–H groups in total. The van der Waals surface area contributed by atoms with E-state index in [1.165, 1.54) is 17.4 Å². The molecule has 0 spiro atoms. The number of aromatic amines is 1. The molecule has 0 aliphatic rings. The normalized spacial score (nSPS) is 12.5. The van der Waals surface area contributed by atoms with Crippen molar-refractivity contribution in [2.75, 3.05) is 6.61 Å². The number of aliphatic hydroxyl groups is 1. The third kappa shape index (κ3) is 3.39. The molecule has 0 saturated heterocycles. The smallest absolute Gasteiger partial charge is 0.268 e. The van der Waals surface area contributed by atoms with Crippen molar-refractivity contribution in [3.8, 4) is 0 Å². The molecule has 0 fully saturated rings. The van der Waals surface area contributed by atoms with Crippen molar-refractivity contribution in [3.05, 3.63) is 57.8 Å². The Balaban J connectivity index is 1.83. The molecule has 0 aliphatic carbocycles. The third-order valence-corrected chi connectivity index (χ3v) is 4.72. The highest BCUT2D eigenvalue weighted by Gasteiger charge is 2.19. The highest BCUT2D eigenvalue weighted by Crippen LogP contribution is 2.29. The Bertz CT molecular complexity index is 814. The Kier molecular flexibility index (Phi) is 4.66. The second-order valence-corrected chi connectivity index (χ2v) is 6.76. The van der Waals surface area contributed by atoms with Gasteiger partial charge in [-0.05, 0) is 24.6 Å². The zero-order valence-electron chi connectivity index (χ0n) is 12.0. The van der Waals surface area contributed by atoms with Gasteiger partial charge in [0.05, 0.1) is 10.4 Å². The van der Waals surface area contributed by atoms with Crippen LogP contribution in [0.2, 0.25) is 4.34 Å². The molecule has 0 aliphatic heterocycles. The van der Waals surface area contributed by atoms with Gasteiger partial charge in [-0.15, -0.1) is 11.3 Å². The molecule has 0 saturated carbocycles. The number of halogens is 2. The fraction of sp³-hybridized carbons (Fsp3) is 0.188. The average molecular weight is 353 g/mol. The maximum atomic E-state index is 13.9. The molecule has 1 unspecified atom stereocenters. The third-order valence-electron chi connectivity index (χ3n) is 3.53. The first-order chi connectivity index (χ1) is 11.1. The number of amides is 1. The van der Waals surface area contributed by atoms with E-state index in [0.29, 0.717) is 15.6 Å². The van der Waals surface area contributed by atoms with E-state index >= 15 is 0 Å². The zero-order valence-corrected chi connectivity index (χ0v) is 13.5. The predicted octanol–water partition coefficient (Wildman–Crippen LogP) is 3.88. The molecule has 2 aromatic heterocycles. The van der Waals surface area contributed by atoms with E-state index < -0.39 is 11.9 Å². The van der Waals surface area contributed by atoms with Crippen LogP contribution in [-0.2, 0) is 0 Å².